The third-order valence-corrected chi connectivity index (χ3v) is 5.88. The van der Waals surface area contributed by atoms with Gasteiger partial charge in [0.1, 0.15) is 0 Å². The highest BCUT2D eigenvalue weighted by Crippen LogP contribution is 2.83. The summed E-state index contributed by atoms with van der Waals surface area (Å²) in [5.74, 6) is 2.78. The second-order valence-electron chi connectivity index (χ2n) is 5.97. The standard InChI is InChI=1S/C13H16O4/c1-16-12(14)10-8-5-3-4-6(8)7(4)9(5)11(10)13(15)17-2/h4-11H,3H2,1-2H3/t4?,5?,6-,7-,8-,9-,10-,11+/m0/s1. The first-order valence-corrected chi connectivity index (χ1v) is 6.36. The van der Waals surface area contributed by atoms with Crippen LogP contribution in [0.2, 0.25) is 0 Å². The number of methoxy groups -OCH3 is 2. The number of ether oxygens (including phenoxy) is 2. The third kappa shape index (κ3) is 0.893. The second-order valence-corrected chi connectivity index (χ2v) is 5.97. The summed E-state index contributed by atoms with van der Waals surface area (Å²) in [4.78, 5) is 23.9. The minimum atomic E-state index is -0.226. The Kier molecular flexibility index (Phi) is 1.66. The van der Waals surface area contributed by atoms with E-state index in [1.807, 2.05) is 0 Å². The lowest BCUT2D eigenvalue weighted by Gasteiger charge is -2.26. The van der Waals surface area contributed by atoms with Gasteiger partial charge in [0.2, 0.25) is 0 Å². The Morgan fingerprint density at radius 1 is 0.824 bits per heavy atom. The van der Waals surface area contributed by atoms with E-state index in [1.54, 1.807) is 0 Å². The van der Waals surface area contributed by atoms with Gasteiger partial charge in [-0.2, -0.15) is 0 Å². The molecular weight excluding hydrogens is 220 g/mol. The van der Waals surface area contributed by atoms with Crippen molar-refractivity contribution in [2.45, 2.75) is 6.42 Å². The van der Waals surface area contributed by atoms with Gasteiger partial charge in [0.05, 0.1) is 26.1 Å². The van der Waals surface area contributed by atoms with Crippen molar-refractivity contribution in [3.63, 3.8) is 0 Å². The van der Waals surface area contributed by atoms with Crippen molar-refractivity contribution in [1.29, 1.82) is 0 Å². The molecule has 17 heavy (non-hydrogen) atoms. The van der Waals surface area contributed by atoms with Gasteiger partial charge in [-0.3, -0.25) is 9.59 Å². The molecule has 0 aromatic rings. The summed E-state index contributed by atoms with van der Waals surface area (Å²) in [6.45, 7) is 0. The number of hydrogen-bond acceptors (Lipinski definition) is 4. The third-order valence-electron chi connectivity index (χ3n) is 5.88. The van der Waals surface area contributed by atoms with Crippen LogP contribution in [0.4, 0.5) is 0 Å². The zero-order chi connectivity index (χ0) is 11.9. The van der Waals surface area contributed by atoms with Gasteiger partial charge in [-0.1, -0.05) is 0 Å². The molecule has 4 heteroatoms. The fourth-order valence-electron chi connectivity index (χ4n) is 5.65. The van der Waals surface area contributed by atoms with Crippen LogP contribution in [0.25, 0.3) is 0 Å². The predicted molar refractivity (Wildman–Crippen MR) is 56.6 cm³/mol. The number of carbonyl (C=O) groups excluding carboxylic acids is 2. The molecule has 0 saturated heterocycles. The van der Waals surface area contributed by atoms with Crippen molar-refractivity contribution >= 4 is 11.9 Å². The van der Waals surface area contributed by atoms with Gasteiger partial charge in [0.25, 0.3) is 0 Å². The van der Waals surface area contributed by atoms with Crippen LogP contribution in [-0.4, -0.2) is 26.2 Å². The zero-order valence-electron chi connectivity index (χ0n) is 9.96. The summed E-state index contributed by atoms with van der Waals surface area (Å²) in [6, 6.07) is 0. The number of carbonyl (C=O) groups is 2. The maximum atomic E-state index is 11.9. The Labute approximate surface area is 99.6 Å². The molecule has 92 valence electrons. The first-order valence-electron chi connectivity index (χ1n) is 6.36. The lowest BCUT2D eigenvalue weighted by atomic mass is 9.79. The number of hydrogen-bond donors (Lipinski definition) is 0. The minimum Gasteiger partial charge on any atom is -0.469 e. The Hall–Kier alpha value is -1.06. The van der Waals surface area contributed by atoms with Crippen LogP contribution in [0.3, 0.4) is 0 Å². The van der Waals surface area contributed by atoms with E-state index in [1.165, 1.54) is 20.6 Å². The summed E-state index contributed by atoms with van der Waals surface area (Å²) in [7, 11) is 2.83. The molecule has 0 aliphatic heterocycles. The average molecular weight is 236 g/mol. The lowest BCUT2D eigenvalue weighted by Crippen LogP contribution is -2.37. The Balaban J connectivity index is 1.73. The van der Waals surface area contributed by atoms with E-state index in [0.717, 1.165) is 17.8 Å². The highest BCUT2D eigenvalue weighted by atomic mass is 16.5. The van der Waals surface area contributed by atoms with Crippen LogP contribution in [0.5, 0.6) is 0 Å². The fourth-order valence-corrected chi connectivity index (χ4v) is 5.65. The molecule has 4 nitrogen and oxygen atoms in total. The Morgan fingerprint density at radius 2 is 1.24 bits per heavy atom. The molecule has 5 aliphatic carbocycles. The van der Waals surface area contributed by atoms with Gasteiger partial charge in [0.15, 0.2) is 0 Å². The van der Waals surface area contributed by atoms with E-state index in [4.69, 9.17) is 9.47 Å². The highest BCUT2D eigenvalue weighted by molar-refractivity contribution is 5.84. The van der Waals surface area contributed by atoms with E-state index in [2.05, 4.69) is 0 Å². The van der Waals surface area contributed by atoms with Crippen molar-refractivity contribution in [3.8, 4) is 0 Å². The second kappa shape index (κ2) is 2.85. The van der Waals surface area contributed by atoms with Gasteiger partial charge >= 0.3 is 11.9 Å². The number of esters is 2. The zero-order valence-corrected chi connectivity index (χ0v) is 9.96. The normalized spacial score (nSPS) is 55.9. The molecule has 8 atom stereocenters. The molecule has 0 amide bonds. The molecule has 5 saturated carbocycles. The van der Waals surface area contributed by atoms with E-state index in [9.17, 15) is 9.59 Å². The first kappa shape index (κ1) is 9.92. The summed E-state index contributed by atoms with van der Waals surface area (Å²) in [5, 5.41) is 0. The van der Waals surface area contributed by atoms with E-state index in [0.29, 0.717) is 17.8 Å². The molecule has 0 heterocycles. The molecule has 0 aromatic carbocycles. The Bertz CT molecular complexity index is 382. The van der Waals surface area contributed by atoms with Crippen molar-refractivity contribution in [2.75, 3.05) is 14.2 Å². The quantitative estimate of drug-likeness (QED) is 0.662. The molecule has 0 aromatic heterocycles. The van der Waals surface area contributed by atoms with Crippen LogP contribution in [0.1, 0.15) is 6.42 Å². The molecule has 0 radical (unpaired) electrons. The summed E-state index contributed by atoms with van der Waals surface area (Å²) in [5.41, 5.74) is 0. The maximum Gasteiger partial charge on any atom is 0.309 e. The maximum absolute atomic E-state index is 11.9. The van der Waals surface area contributed by atoms with Crippen LogP contribution in [0.15, 0.2) is 0 Å². The van der Waals surface area contributed by atoms with E-state index in [-0.39, 0.29) is 23.8 Å². The highest BCUT2D eigenvalue weighted by Gasteiger charge is 2.82. The predicted octanol–water partition coefficient (Wildman–Crippen LogP) is 0.706. The van der Waals surface area contributed by atoms with Crippen molar-refractivity contribution in [1.82, 2.24) is 0 Å². The summed E-state index contributed by atoms with van der Waals surface area (Å²) >= 11 is 0. The molecule has 6 bridgehead atoms. The fraction of sp³-hybridized carbons (Fsp3) is 0.846. The topological polar surface area (TPSA) is 52.6 Å². The van der Waals surface area contributed by atoms with Crippen LogP contribution in [0, 0.1) is 47.3 Å². The van der Waals surface area contributed by atoms with Crippen molar-refractivity contribution in [3.05, 3.63) is 0 Å². The lowest BCUT2D eigenvalue weighted by molar-refractivity contribution is -0.160. The minimum absolute atomic E-state index is 0.205. The van der Waals surface area contributed by atoms with E-state index < -0.39 is 0 Å². The molecule has 0 N–H and O–H groups in total. The monoisotopic (exact) mass is 236 g/mol. The molecular formula is C13H16O4. The summed E-state index contributed by atoms with van der Waals surface area (Å²) in [6.07, 6.45) is 1.23. The van der Waals surface area contributed by atoms with Crippen molar-refractivity contribution in [2.24, 2.45) is 47.3 Å². The van der Waals surface area contributed by atoms with Gasteiger partial charge in [-0.05, 0) is 41.9 Å². The van der Waals surface area contributed by atoms with Gasteiger partial charge in [-0.15, -0.1) is 0 Å². The van der Waals surface area contributed by atoms with Gasteiger partial charge in [-0.25, -0.2) is 0 Å². The first-order chi connectivity index (χ1) is 8.20. The molecule has 5 fully saturated rings. The van der Waals surface area contributed by atoms with Crippen LogP contribution < -0.4 is 0 Å². The van der Waals surface area contributed by atoms with Gasteiger partial charge < -0.3 is 9.47 Å². The smallest absolute Gasteiger partial charge is 0.309 e. The number of rotatable bonds is 2. The van der Waals surface area contributed by atoms with Crippen LogP contribution >= 0.6 is 0 Å². The molecule has 5 rings (SSSR count). The SMILES string of the molecule is COC(=O)[C@@H]1[C@H](C(=O)OC)[C@H]2C3CC4[C@@H]([C@H]42)[C@H]31. The van der Waals surface area contributed by atoms with Crippen molar-refractivity contribution < 1.29 is 19.1 Å². The summed E-state index contributed by atoms with van der Waals surface area (Å²) < 4.78 is 9.80. The Morgan fingerprint density at radius 3 is 1.59 bits per heavy atom. The molecule has 0 spiro atoms. The largest absolute Gasteiger partial charge is 0.469 e. The van der Waals surface area contributed by atoms with Gasteiger partial charge in [0, 0.05) is 0 Å². The van der Waals surface area contributed by atoms with Crippen LogP contribution in [-0.2, 0) is 19.1 Å². The average Bonchev–Trinajstić information content (AvgIpc) is 2.75. The van der Waals surface area contributed by atoms with E-state index >= 15 is 0 Å². The molecule has 5 aliphatic rings. The molecule has 2 unspecified atom stereocenters.